The second kappa shape index (κ2) is 6.21. The maximum absolute atomic E-state index is 10.7. The maximum Gasteiger partial charge on any atom is 0.226 e. The molecule has 72 valence electrons. The molecule has 0 fully saturated rings. The van der Waals surface area contributed by atoms with E-state index in [0.29, 0.717) is 0 Å². The molecule has 0 bridgehead atoms. The average molecular weight is 188 g/mol. The van der Waals surface area contributed by atoms with E-state index in [1.807, 2.05) is 18.2 Å². The molecule has 0 atom stereocenters. The third-order valence-electron chi connectivity index (χ3n) is 1.88. The van der Waals surface area contributed by atoms with Crippen LogP contribution in [0.1, 0.15) is 5.56 Å². The van der Waals surface area contributed by atoms with Crippen molar-refractivity contribution >= 4 is 13.9 Å². The lowest BCUT2D eigenvalue weighted by Gasteiger charge is -2.03. The van der Waals surface area contributed by atoms with Crippen LogP contribution in [-0.2, 0) is 11.2 Å². The number of amides is 1. The maximum atomic E-state index is 10.7. The van der Waals surface area contributed by atoms with E-state index in [1.54, 1.807) is 0 Å². The predicted octanol–water partition coefficient (Wildman–Crippen LogP) is 0.0184. The van der Waals surface area contributed by atoms with Crippen LogP contribution in [0.2, 0.25) is 0 Å². The number of carbonyl (C=O) groups is 1. The number of hydrogen-bond acceptors (Lipinski definition) is 2. The Hall–Kier alpha value is -1.29. The lowest BCUT2D eigenvalue weighted by molar-refractivity contribution is -0.118. The summed E-state index contributed by atoms with van der Waals surface area (Å²) < 4.78 is 0. The van der Waals surface area contributed by atoms with Gasteiger partial charge in [-0.2, -0.15) is 0 Å². The minimum absolute atomic E-state index is 0.196. The zero-order chi connectivity index (χ0) is 10.2. The van der Waals surface area contributed by atoms with E-state index in [2.05, 4.69) is 22.7 Å². The van der Waals surface area contributed by atoms with Crippen LogP contribution in [0.5, 0.6) is 0 Å². The lowest BCUT2D eigenvalue weighted by Crippen LogP contribution is -2.33. The highest BCUT2D eigenvalue weighted by Gasteiger charge is 1.95. The Morgan fingerprint density at radius 3 is 2.64 bits per heavy atom. The smallest absolute Gasteiger partial charge is 0.226 e. The van der Waals surface area contributed by atoms with Crippen LogP contribution in [0.25, 0.3) is 0 Å². The fraction of sp³-hybridized carbons (Fsp3) is 0.300. The van der Waals surface area contributed by atoms with Crippen LogP contribution in [0.15, 0.2) is 30.3 Å². The molecular weight excluding hydrogens is 175 g/mol. The third kappa shape index (κ3) is 4.09. The summed E-state index contributed by atoms with van der Waals surface area (Å²) in [4.78, 5) is 10.7. The molecule has 0 aliphatic heterocycles. The summed E-state index contributed by atoms with van der Waals surface area (Å²) in [6.07, 6.45) is 0.915. The first-order chi connectivity index (χ1) is 6.83. The van der Waals surface area contributed by atoms with Gasteiger partial charge < -0.3 is 10.5 Å². The first-order valence-electron chi connectivity index (χ1n) is 4.57. The largest absolute Gasteiger partial charge is 0.408 e. The minimum atomic E-state index is -0.196. The van der Waals surface area contributed by atoms with Gasteiger partial charge in [0.15, 0.2) is 0 Å². The van der Waals surface area contributed by atoms with Crippen LogP contribution < -0.4 is 10.5 Å². The van der Waals surface area contributed by atoms with E-state index in [9.17, 15) is 4.79 Å². The van der Waals surface area contributed by atoms with Crippen LogP contribution in [0, 0.1) is 0 Å². The summed E-state index contributed by atoms with van der Waals surface area (Å²) in [6, 6.07) is 10.1. The zero-order valence-electron chi connectivity index (χ0n) is 7.99. The van der Waals surface area contributed by atoms with Gasteiger partial charge in [-0.3, -0.25) is 4.79 Å². The number of carbonyl (C=O) groups excluding carboxylic acids is 1. The quantitative estimate of drug-likeness (QED) is 0.505. The van der Waals surface area contributed by atoms with Crippen molar-refractivity contribution < 1.29 is 4.79 Å². The molecule has 1 aromatic carbocycles. The van der Waals surface area contributed by atoms with Gasteiger partial charge >= 0.3 is 0 Å². The van der Waals surface area contributed by atoms with Gasteiger partial charge in [0.1, 0.15) is 0 Å². The van der Waals surface area contributed by atoms with Gasteiger partial charge in [0, 0.05) is 0 Å². The van der Waals surface area contributed by atoms with Crippen molar-refractivity contribution in [2.24, 2.45) is 0 Å². The van der Waals surface area contributed by atoms with Gasteiger partial charge in [0.05, 0.1) is 6.54 Å². The number of nitrogens with one attached hydrogen (secondary N) is 2. The van der Waals surface area contributed by atoms with Crippen LogP contribution >= 0.6 is 0 Å². The lowest BCUT2D eigenvalue weighted by atomic mass is 10.1. The molecule has 0 aromatic heterocycles. The first-order valence-corrected chi connectivity index (χ1v) is 4.57. The molecule has 1 rings (SSSR count). The monoisotopic (exact) mass is 188 g/mol. The van der Waals surface area contributed by atoms with E-state index in [4.69, 9.17) is 7.98 Å². The number of rotatable bonds is 5. The highest BCUT2D eigenvalue weighted by molar-refractivity contribution is 6.14. The van der Waals surface area contributed by atoms with Crippen molar-refractivity contribution in [2.75, 3.05) is 13.1 Å². The fourth-order valence-corrected chi connectivity index (χ4v) is 1.13. The Labute approximate surface area is 85.3 Å². The van der Waals surface area contributed by atoms with Crippen molar-refractivity contribution in [3.05, 3.63) is 35.9 Å². The Morgan fingerprint density at radius 2 is 2.00 bits per heavy atom. The van der Waals surface area contributed by atoms with E-state index >= 15 is 0 Å². The molecule has 0 saturated heterocycles. The summed E-state index contributed by atoms with van der Waals surface area (Å²) in [6.45, 7) is 1.04. The Kier molecular flexibility index (Phi) is 4.79. The summed E-state index contributed by atoms with van der Waals surface area (Å²) in [5.74, 6) is -0.196. The van der Waals surface area contributed by atoms with E-state index in [1.165, 1.54) is 5.56 Å². The SMILES string of the molecule is [B]NC(=O)CNCCc1ccccc1. The van der Waals surface area contributed by atoms with Gasteiger partial charge in [-0.1, -0.05) is 30.3 Å². The molecule has 1 amide bonds. The molecule has 0 aliphatic carbocycles. The summed E-state index contributed by atoms with van der Waals surface area (Å²) in [5, 5.41) is 5.05. The summed E-state index contributed by atoms with van der Waals surface area (Å²) in [5.41, 5.74) is 1.26. The normalized spacial score (nSPS) is 9.71. The molecule has 1 aromatic rings. The average Bonchev–Trinajstić information content (AvgIpc) is 2.25. The van der Waals surface area contributed by atoms with Crippen LogP contribution in [0.4, 0.5) is 0 Å². The van der Waals surface area contributed by atoms with Crippen molar-refractivity contribution in [2.45, 2.75) is 6.42 Å². The number of benzene rings is 1. The molecule has 2 radical (unpaired) electrons. The molecular formula is C10H13BN2O. The van der Waals surface area contributed by atoms with Crippen molar-refractivity contribution in [1.29, 1.82) is 0 Å². The minimum Gasteiger partial charge on any atom is -0.408 e. The topological polar surface area (TPSA) is 41.1 Å². The number of hydrogen-bond donors (Lipinski definition) is 2. The molecule has 4 heteroatoms. The molecule has 0 unspecified atom stereocenters. The summed E-state index contributed by atoms with van der Waals surface area (Å²) >= 11 is 0. The second-order valence-corrected chi connectivity index (χ2v) is 2.98. The van der Waals surface area contributed by atoms with E-state index < -0.39 is 0 Å². The standard InChI is InChI=1S/C10H13BN2O/c11-13-10(14)8-12-7-6-9-4-2-1-3-5-9/h1-5,12H,6-8H2,(H,13,14). The van der Waals surface area contributed by atoms with Gasteiger partial charge in [0.25, 0.3) is 0 Å². The van der Waals surface area contributed by atoms with E-state index in [-0.39, 0.29) is 12.5 Å². The molecule has 0 aliphatic rings. The van der Waals surface area contributed by atoms with Crippen molar-refractivity contribution in [3.63, 3.8) is 0 Å². The summed E-state index contributed by atoms with van der Waals surface area (Å²) in [7, 11) is 4.93. The van der Waals surface area contributed by atoms with E-state index in [0.717, 1.165) is 13.0 Å². The van der Waals surface area contributed by atoms with Crippen molar-refractivity contribution in [3.8, 4) is 0 Å². The highest BCUT2D eigenvalue weighted by Crippen LogP contribution is 1.97. The molecule has 14 heavy (non-hydrogen) atoms. The van der Waals surface area contributed by atoms with Crippen LogP contribution in [0.3, 0.4) is 0 Å². The Bertz CT molecular complexity index is 277. The fourth-order valence-electron chi connectivity index (χ4n) is 1.13. The van der Waals surface area contributed by atoms with Gasteiger partial charge in [-0.25, -0.2) is 0 Å². The molecule has 0 heterocycles. The van der Waals surface area contributed by atoms with Gasteiger partial charge in [-0.15, -0.1) is 0 Å². The molecule has 0 spiro atoms. The molecule has 2 N–H and O–H groups in total. The van der Waals surface area contributed by atoms with Gasteiger partial charge in [-0.05, 0) is 18.5 Å². The second-order valence-electron chi connectivity index (χ2n) is 2.98. The predicted molar refractivity (Wildman–Crippen MR) is 56.9 cm³/mol. The van der Waals surface area contributed by atoms with Crippen LogP contribution in [-0.4, -0.2) is 27.0 Å². The first kappa shape index (κ1) is 10.8. The molecule has 0 saturated carbocycles. The third-order valence-corrected chi connectivity index (χ3v) is 1.88. The zero-order valence-corrected chi connectivity index (χ0v) is 7.99. The highest BCUT2D eigenvalue weighted by atomic mass is 16.1. The molecule has 3 nitrogen and oxygen atoms in total. The van der Waals surface area contributed by atoms with Gasteiger partial charge in [0.2, 0.25) is 13.9 Å². The Balaban J connectivity index is 2.13. The Morgan fingerprint density at radius 1 is 1.29 bits per heavy atom. The van der Waals surface area contributed by atoms with Crippen molar-refractivity contribution in [1.82, 2.24) is 10.5 Å².